The van der Waals surface area contributed by atoms with Crippen LogP contribution in [0.25, 0.3) is 0 Å². The minimum absolute atomic E-state index is 0.589. The third-order valence-corrected chi connectivity index (χ3v) is 13.3. The summed E-state index contributed by atoms with van der Waals surface area (Å²) >= 11 is -3.59. The molecule has 3 heteroatoms. The number of hydrogen-bond acceptors (Lipinski definition) is 2. The molecule has 31 heavy (non-hydrogen) atoms. The van der Waals surface area contributed by atoms with E-state index >= 15 is 0 Å². The monoisotopic (exact) mass is 486 g/mol. The summed E-state index contributed by atoms with van der Waals surface area (Å²) in [5.74, 6) is 0. The van der Waals surface area contributed by atoms with Crippen molar-refractivity contribution in [2.24, 2.45) is 0 Å². The summed E-state index contributed by atoms with van der Waals surface area (Å²) in [6.45, 7) is 1.18. The average molecular weight is 488 g/mol. The summed E-state index contributed by atoms with van der Waals surface area (Å²) in [4.78, 5) is 0. The number of rotatable bonds is 10. The van der Waals surface area contributed by atoms with Gasteiger partial charge in [-0.25, -0.2) is 0 Å². The van der Waals surface area contributed by atoms with Gasteiger partial charge in [-0.15, -0.1) is 0 Å². The van der Waals surface area contributed by atoms with Crippen LogP contribution in [0.4, 0.5) is 0 Å². The van der Waals surface area contributed by atoms with Gasteiger partial charge in [0.1, 0.15) is 0 Å². The van der Waals surface area contributed by atoms with E-state index in [2.05, 4.69) is 109 Å². The molecule has 2 nitrogen and oxygen atoms in total. The van der Waals surface area contributed by atoms with Crippen LogP contribution in [0.5, 0.6) is 0 Å². The van der Waals surface area contributed by atoms with Crippen molar-refractivity contribution in [2.45, 2.75) is 21.5 Å². The molecule has 0 radical (unpaired) electrons. The van der Waals surface area contributed by atoms with Crippen LogP contribution in [-0.2, 0) is 48.2 Å². The second kappa shape index (κ2) is 11.3. The molecule has 0 aliphatic carbocycles. The summed E-state index contributed by atoms with van der Waals surface area (Å²) in [5, 5.41) is 0. The second-order valence-electron chi connectivity index (χ2n) is 7.78. The Labute approximate surface area is 191 Å². The first kappa shape index (κ1) is 21.9. The van der Waals surface area contributed by atoms with E-state index < -0.39 is 21.1 Å². The zero-order valence-electron chi connectivity index (χ0n) is 17.7. The Morgan fingerprint density at radius 3 is 1.00 bits per heavy atom. The summed E-state index contributed by atoms with van der Waals surface area (Å²) in [6, 6.07) is 42.1. The fourth-order valence-electron chi connectivity index (χ4n) is 3.70. The first-order valence-electron chi connectivity index (χ1n) is 10.7. The molecule has 0 saturated carbocycles. The molecule has 0 bridgehead atoms. The van der Waals surface area contributed by atoms with Crippen molar-refractivity contribution in [3.63, 3.8) is 0 Å². The first-order chi connectivity index (χ1) is 15.3. The van der Waals surface area contributed by atoms with Crippen LogP contribution in [-0.4, -0.2) is 0 Å². The van der Waals surface area contributed by atoms with Gasteiger partial charge in [0.2, 0.25) is 0 Å². The Kier molecular flexibility index (Phi) is 8.01. The molecule has 0 amide bonds. The van der Waals surface area contributed by atoms with Crippen LogP contribution in [0.2, 0.25) is 0 Å². The van der Waals surface area contributed by atoms with Crippen molar-refractivity contribution < 1.29 is 26.8 Å². The van der Waals surface area contributed by atoms with E-state index in [-0.39, 0.29) is 0 Å². The van der Waals surface area contributed by atoms with Crippen LogP contribution in [0.1, 0.15) is 22.3 Å². The molecule has 0 unspecified atom stereocenters. The topological polar surface area (TPSA) is 18.5 Å². The molecular weight excluding hydrogens is 460 g/mol. The van der Waals surface area contributed by atoms with Gasteiger partial charge in [-0.2, -0.15) is 0 Å². The Bertz CT molecular complexity index is 935. The van der Waals surface area contributed by atoms with Crippen molar-refractivity contribution in [1.29, 1.82) is 0 Å². The summed E-state index contributed by atoms with van der Waals surface area (Å²) in [7, 11) is 0. The van der Waals surface area contributed by atoms with Gasteiger partial charge in [0.15, 0.2) is 0 Å². The maximum absolute atomic E-state index is 6.83. The average Bonchev–Trinajstić information content (AvgIpc) is 2.84. The van der Waals surface area contributed by atoms with Crippen molar-refractivity contribution in [2.75, 3.05) is 0 Å². The van der Waals surface area contributed by atoms with Gasteiger partial charge in [-0.1, -0.05) is 0 Å². The molecule has 4 aromatic rings. The van der Waals surface area contributed by atoms with Gasteiger partial charge in [-0.3, -0.25) is 0 Å². The first-order valence-corrected chi connectivity index (χ1v) is 16.2. The zero-order chi connectivity index (χ0) is 21.2. The molecule has 0 heterocycles. The quantitative estimate of drug-likeness (QED) is 0.245. The summed E-state index contributed by atoms with van der Waals surface area (Å²) in [6.07, 6.45) is 0. The van der Waals surface area contributed by atoms with Crippen LogP contribution in [0.15, 0.2) is 121 Å². The van der Waals surface area contributed by atoms with Crippen molar-refractivity contribution in [1.82, 2.24) is 0 Å². The van der Waals surface area contributed by atoms with Crippen LogP contribution >= 0.6 is 0 Å². The summed E-state index contributed by atoms with van der Waals surface area (Å²) in [5.41, 5.74) is 4.95. The second-order valence-corrected chi connectivity index (χ2v) is 15.4. The molecule has 0 spiro atoms. The molecule has 0 aliphatic rings. The van der Waals surface area contributed by atoms with Gasteiger partial charge >= 0.3 is 192 Å². The standard InChI is InChI=1S/2C7H7O.2C7H7.Zr/c2*8-6-7-4-2-1-3-5-7;2*1-7-5-3-2-4-6-7;/h2*1-5H,6H2;2*2-6H,1H2;/q2*-1;;;+2. The third-order valence-electron chi connectivity index (χ3n) is 5.32. The van der Waals surface area contributed by atoms with Gasteiger partial charge in [-0.05, 0) is 0 Å². The van der Waals surface area contributed by atoms with Crippen molar-refractivity contribution in [3.05, 3.63) is 144 Å². The Balaban J connectivity index is 1.64. The molecule has 0 saturated heterocycles. The van der Waals surface area contributed by atoms with Gasteiger partial charge in [0.25, 0.3) is 0 Å². The normalized spacial score (nSPS) is 11.4. The molecule has 0 fully saturated rings. The van der Waals surface area contributed by atoms with E-state index in [0.29, 0.717) is 13.2 Å². The van der Waals surface area contributed by atoms with Crippen LogP contribution in [0.3, 0.4) is 0 Å². The molecular formula is C28H28O2Zr. The fourth-order valence-corrected chi connectivity index (χ4v) is 11.5. The molecule has 0 atom stereocenters. The van der Waals surface area contributed by atoms with Crippen molar-refractivity contribution in [3.8, 4) is 0 Å². The van der Waals surface area contributed by atoms with E-state index in [1.54, 1.807) is 0 Å². The van der Waals surface area contributed by atoms with Crippen LogP contribution in [0, 0.1) is 0 Å². The van der Waals surface area contributed by atoms with Crippen LogP contribution < -0.4 is 0 Å². The molecule has 0 N–H and O–H groups in total. The number of hydrogen-bond donors (Lipinski definition) is 0. The predicted octanol–water partition coefficient (Wildman–Crippen LogP) is 6.80. The van der Waals surface area contributed by atoms with E-state index in [4.69, 9.17) is 5.63 Å². The summed E-state index contributed by atoms with van der Waals surface area (Å²) < 4.78 is 15.4. The van der Waals surface area contributed by atoms with Gasteiger partial charge < -0.3 is 0 Å². The van der Waals surface area contributed by atoms with E-state index in [0.717, 1.165) is 8.26 Å². The van der Waals surface area contributed by atoms with E-state index in [9.17, 15) is 0 Å². The Morgan fingerprint density at radius 1 is 0.387 bits per heavy atom. The van der Waals surface area contributed by atoms with Crippen molar-refractivity contribution >= 4 is 0 Å². The molecule has 0 aliphatic heterocycles. The third kappa shape index (κ3) is 6.84. The molecule has 4 aromatic carbocycles. The van der Waals surface area contributed by atoms with Gasteiger partial charge in [0.05, 0.1) is 0 Å². The Morgan fingerprint density at radius 2 is 0.677 bits per heavy atom. The minimum atomic E-state index is -3.59. The molecule has 4 rings (SSSR count). The SMILES string of the molecule is c1ccc(C[O][Zr]([CH2]c2ccccc2)([CH2]c2ccccc2)[O]Cc2ccccc2)cc1. The predicted molar refractivity (Wildman–Crippen MR) is 123 cm³/mol. The fraction of sp³-hybridized carbons (Fsp3) is 0.143. The maximum atomic E-state index is 6.83. The Hall–Kier alpha value is -2.32. The zero-order valence-corrected chi connectivity index (χ0v) is 20.1. The molecule has 0 aromatic heterocycles. The number of benzene rings is 4. The van der Waals surface area contributed by atoms with E-state index in [1.807, 2.05) is 12.1 Å². The molecule has 156 valence electrons. The van der Waals surface area contributed by atoms with E-state index in [1.165, 1.54) is 22.3 Å². The van der Waals surface area contributed by atoms with Gasteiger partial charge in [0, 0.05) is 0 Å².